The number of hydrogen-bond acceptors (Lipinski definition) is 5. The Morgan fingerprint density at radius 2 is 2.03 bits per heavy atom. The first-order chi connectivity index (χ1) is 15.2. The summed E-state index contributed by atoms with van der Waals surface area (Å²) in [6.45, 7) is 6.52. The molecule has 162 valence electrons. The molecule has 0 aliphatic carbocycles. The SMILES string of the molecule is O=C(Nc1cnn(CCN2CCOCC2)c1)c1ccc2cc3n(c2c1)CCCNC3=O. The third-order valence-corrected chi connectivity index (χ3v) is 5.88. The fraction of sp³-hybridized carbons (Fsp3) is 0.409. The summed E-state index contributed by atoms with van der Waals surface area (Å²) >= 11 is 0. The average molecular weight is 422 g/mol. The van der Waals surface area contributed by atoms with Crippen LogP contribution in [0.4, 0.5) is 5.69 Å². The second-order valence-corrected chi connectivity index (χ2v) is 7.96. The maximum absolute atomic E-state index is 12.8. The predicted octanol–water partition coefficient (Wildman–Crippen LogP) is 1.56. The van der Waals surface area contributed by atoms with E-state index in [1.807, 2.05) is 33.6 Å². The third kappa shape index (κ3) is 4.19. The molecule has 0 spiro atoms. The molecular formula is C22H26N6O3. The Labute approximate surface area is 179 Å². The van der Waals surface area contributed by atoms with E-state index in [4.69, 9.17) is 4.74 Å². The molecule has 3 aromatic rings. The van der Waals surface area contributed by atoms with E-state index in [1.165, 1.54) is 0 Å². The van der Waals surface area contributed by atoms with E-state index in [-0.39, 0.29) is 11.8 Å². The van der Waals surface area contributed by atoms with Crippen LogP contribution in [0.2, 0.25) is 0 Å². The van der Waals surface area contributed by atoms with Crippen LogP contribution < -0.4 is 10.6 Å². The summed E-state index contributed by atoms with van der Waals surface area (Å²) in [7, 11) is 0. The van der Waals surface area contributed by atoms with Crippen LogP contribution in [0.3, 0.4) is 0 Å². The van der Waals surface area contributed by atoms with Crippen molar-refractivity contribution < 1.29 is 14.3 Å². The van der Waals surface area contributed by atoms with Crippen molar-refractivity contribution in [3.8, 4) is 0 Å². The van der Waals surface area contributed by atoms with Crippen LogP contribution in [0.15, 0.2) is 36.7 Å². The number of ether oxygens (including phenoxy) is 1. The highest BCUT2D eigenvalue weighted by Crippen LogP contribution is 2.23. The number of nitrogens with one attached hydrogen (secondary N) is 2. The van der Waals surface area contributed by atoms with Crippen LogP contribution in [0, 0.1) is 0 Å². The number of carbonyl (C=O) groups excluding carboxylic acids is 2. The van der Waals surface area contributed by atoms with Gasteiger partial charge in [0, 0.05) is 55.4 Å². The normalized spacial score (nSPS) is 17.2. The highest BCUT2D eigenvalue weighted by Gasteiger charge is 2.19. The Kier molecular flexibility index (Phi) is 5.44. The Hall–Kier alpha value is -3.17. The van der Waals surface area contributed by atoms with Crippen molar-refractivity contribution in [2.24, 2.45) is 0 Å². The highest BCUT2D eigenvalue weighted by molar-refractivity contribution is 6.07. The van der Waals surface area contributed by atoms with Crippen molar-refractivity contribution in [2.45, 2.75) is 19.5 Å². The minimum atomic E-state index is -0.191. The van der Waals surface area contributed by atoms with E-state index in [2.05, 4.69) is 20.6 Å². The first-order valence-corrected chi connectivity index (χ1v) is 10.7. The molecule has 5 rings (SSSR count). The zero-order valence-corrected chi connectivity index (χ0v) is 17.3. The van der Waals surface area contributed by atoms with Gasteiger partial charge in [-0.15, -0.1) is 0 Å². The number of amides is 2. The highest BCUT2D eigenvalue weighted by atomic mass is 16.5. The second kappa shape index (κ2) is 8.52. The molecule has 31 heavy (non-hydrogen) atoms. The molecule has 9 nitrogen and oxygen atoms in total. The van der Waals surface area contributed by atoms with E-state index in [0.29, 0.717) is 23.5 Å². The van der Waals surface area contributed by atoms with Gasteiger partial charge in [-0.25, -0.2) is 0 Å². The zero-order chi connectivity index (χ0) is 21.2. The van der Waals surface area contributed by atoms with Gasteiger partial charge in [-0.05, 0) is 24.6 Å². The summed E-state index contributed by atoms with van der Waals surface area (Å²) in [5.74, 6) is -0.257. The topological polar surface area (TPSA) is 93.4 Å². The lowest BCUT2D eigenvalue weighted by Gasteiger charge is -2.26. The van der Waals surface area contributed by atoms with Gasteiger partial charge in [0.1, 0.15) is 5.69 Å². The van der Waals surface area contributed by atoms with Crippen LogP contribution in [0.5, 0.6) is 0 Å². The number of hydrogen-bond donors (Lipinski definition) is 2. The van der Waals surface area contributed by atoms with Crippen LogP contribution in [0.1, 0.15) is 27.3 Å². The quantitative estimate of drug-likeness (QED) is 0.651. The van der Waals surface area contributed by atoms with Gasteiger partial charge in [-0.2, -0.15) is 5.10 Å². The predicted molar refractivity (Wildman–Crippen MR) is 116 cm³/mol. The van der Waals surface area contributed by atoms with E-state index in [1.54, 1.807) is 12.3 Å². The molecule has 1 aromatic carbocycles. The van der Waals surface area contributed by atoms with Gasteiger partial charge in [-0.3, -0.25) is 19.2 Å². The van der Waals surface area contributed by atoms with Crippen LogP contribution in [0.25, 0.3) is 10.9 Å². The lowest BCUT2D eigenvalue weighted by molar-refractivity contribution is 0.0360. The van der Waals surface area contributed by atoms with Crippen molar-refractivity contribution in [1.29, 1.82) is 0 Å². The maximum Gasteiger partial charge on any atom is 0.267 e. The summed E-state index contributed by atoms with van der Waals surface area (Å²) in [5.41, 5.74) is 2.77. The molecule has 1 saturated heterocycles. The largest absolute Gasteiger partial charge is 0.379 e. The molecule has 0 bridgehead atoms. The molecule has 0 radical (unpaired) electrons. The first-order valence-electron chi connectivity index (χ1n) is 10.7. The lowest BCUT2D eigenvalue weighted by atomic mass is 10.1. The van der Waals surface area contributed by atoms with Crippen LogP contribution >= 0.6 is 0 Å². The number of fused-ring (bicyclic) bond motifs is 3. The number of nitrogens with zero attached hydrogens (tertiary/aromatic N) is 4. The number of rotatable bonds is 5. The Balaban J connectivity index is 1.27. The fourth-order valence-electron chi connectivity index (χ4n) is 4.18. The van der Waals surface area contributed by atoms with E-state index >= 15 is 0 Å². The van der Waals surface area contributed by atoms with E-state index < -0.39 is 0 Å². The third-order valence-electron chi connectivity index (χ3n) is 5.88. The second-order valence-electron chi connectivity index (χ2n) is 7.96. The summed E-state index contributed by atoms with van der Waals surface area (Å²) in [5, 5.41) is 11.2. The molecule has 1 fully saturated rings. The zero-order valence-electron chi connectivity index (χ0n) is 17.3. The number of carbonyl (C=O) groups is 2. The molecule has 0 atom stereocenters. The Bertz CT molecular complexity index is 1110. The molecule has 2 N–H and O–H groups in total. The van der Waals surface area contributed by atoms with Crippen LogP contribution in [-0.2, 0) is 17.8 Å². The number of aryl methyl sites for hydroxylation is 1. The van der Waals surface area contributed by atoms with Crippen molar-refractivity contribution in [1.82, 2.24) is 24.6 Å². The Morgan fingerprint density at radius 1 is 1.16 bits per heavy atom. The molecule has 2 aromatic heterocycles. The monoisotopic (exact) mass is 422 g/mol. The standard InChI is InChI=1S/C22H26N6O3/c29-21(25-18-14-24-27(15-18)7-6-26-8-10-31-11-9-26)17-3-2-16-12-20-22(30)23-4-1-5-28(20)19(16)13-17/h2-3,12-15H,1,4-11H2,(H,23,30)(H,25,29). The number of anilines is 1. The minimum absolute atomic E-state index is 0.0656. The summed E-state index contributed by atoms with van der Waals surface area (Å²) in [6.07, 6.45) is 4.39. The van der Waals surface area contributed by atoms with Crippen LogP contribution in [-0.4, -0.2) is 70.5 Å². The van der Waals surface area contributed by atoms with Gasteiger partial charge in [0.05, 0.1) is 31.6 Å². The molecular weight excluding hydrogens is 396 g/mol. The first kappa shape index (κ1) is 19.8. The van der Waals surface area contributed by atoms with E-state index in [9.17, 15) is 9.59 Å². The Morgan fingerprint density at radius 3 is 2.90 bits per heavy atom. The summed E-state index contributed by atoms with van der Waals surface area (Å²) < 4.78 is 9.22. The van der Waals surface area contributed by atoms with Gasteiger partial charge >= 0.3 is 0 Å². The van der Waals surface area contributed by atoms with Gasteiger partial charge < -0.3 is 19.9 Å². The molecule has 9 heteroatoms. The summed E-state index contributed by atoms with van der Waals surface area (Å²) in [6, 6.07) is 7.43. The van der Waals surface area contributed by atoms with Crippen molar-refractivity contribution in [2.75, 3.05) is 44.7 Å². The molecule has 2 aliphatic rings. The van der Waals surface area contributed by atoms with Gasteiger partial charge in [0.25, 0.3) is 11.8 Å². The van der Waals surface area contributed by atoms with Crippen molar-refractivity contribution >= 4 is 28.4 Å². The van der Waals surface area contributed by atoms with Gasteiger partial charge in [-0.1, -0.05) is 6.07 Å². The smallest absolute Gasteiger partial charge is 0.267 e. The lowest BCUT2D eigenvalue weighted by Crippen LogP contribution is -2.38. The van der Waals surface area contributed by atoms with Gasteiger partial charge in [0.2, 0.25) is 0 Å². The molecule has 2 amide bonds. The maximum atomic E-state index is 12.8. The minimum Gasteiger partial charge on any atom is -0.379 e. The van der Waals surface area contributed by atoms with Crippen molar-refractivity contribution in [3.63, 3.8) is 0 Å². The average Bonchev–Trinajstić information content (AvgIpc) is 3.34. The number of aromatic nitrogens is 3. The van der Waals surface area contributed by atoms with Crippen molar-refractivity contribution in [3.05, 3.63) is 47.9 Å². The molecule has 2 aliphatic heterocycles. The fourth-order valence-corrected chi connectivity index (χ4v) is 4.18. The summed E-state index contributed by atoms with van der Waals surface area (Å²) in [4.78, 5) is 27.4. The van der Waals surface area contributed by atoms with E-state index in [0.717, 1.165) is 63.3 Å². The number of morpholine rings is 1. The molecule has 0 unspecified atom stereocenters. The number of benzene rings is 1. The molecule has 4 heterocycles. The molecule has 0 saturated carbocycles. The van der Waals surface area contributed by atoms with Gasteiger partial charge in [0.15, 0.2) is 0 Å².